The van der Waals surface area contributed by atoms with E-state index in [0.29, 0.717) is 23.1 Å². The molecule has 96 valence electrons. The zero-order valence-corrected chi connectivity index (χ0v) is 10.4. The quantitative estimate of drug-likeness (QED) is 0.878. The molecule has 6 heteroatoms. The highest BCUT2D eigenvalue weighted by atomic mass is 15.2. The molecule has 2 N–H and O–H groups in total. The van der Waals surface area contributed by atoms with Crippen LogP contribution in [0.25, 0.3) is 0 Å². The first-order chi connectivity index (χ1) is 9.35. The van der Waals surface area contributed by atoms with Gasteiger partial charge < -0.3 is 5.32 Å². The van der Waals surface area contributed by atoms with Crippen molar-refractivity contribution in [3.8, 4) is 6.07 Å². The molecule has 0 aromatic carbocycles. The second kappa shape index (κ2) is 5.06. The lowest BCUT2D eigenvalue weighted by molar-refractivity contribution is 0.693. The van der Waals surface area contributed by atoms with Gasteiger partial charge in [-0.05, 0) is 12.8 Å². The van der Waals surface area contributed by atoms with Crippen molar-refractivity contribution in [3.63, 3.8) is 0 Å². The van der Waals surface area contributed by atoms with Crippen LogP contribution in [-0.2, 0) is 0 Å². The number of rotatable bonds is 3. The van der Waals surface area contributed by atoms with Crippen molar-refractivity contribution in [3.05, 3.63) is 29.6 Å². The molecule has 0 bridgehead atoms. The molecule has 3 rings (SSSR count). The third kappa shape index (κ3) is 2.55. The molecule has 0 atom stereocenters. The average molecular weight is 254 g/mol. The van der Waals surface area contributed by atoms with Crippen molar-refractivity contribution >= 4 is 11.6 Å². The maximum absolute atomic E-state index is 8.81. The van der Waals surface area contributed by atoms with E-state index in [4.69, 9.17) is 5.26 Å². The molecule has 2 aromatic rings. The zero-order valence-electron chi connectivity index (χ0n) is 10.4. The van der Waals surface area contributed by atoms with Crippen molar-refractivity contribution in [2.45, 2.75) is 31.6 Å². The summed E-state index contributed by atoms with van der Waals surface area (Å²) >= 11 is 0. The Morgan fingerprint density at radius 3 is 2.89 bits per heavy atom. The van der Waals surface area contributed by atoms with Crippen LogP contribution in [0.4, 0.5) is 11.6 Å². The number of anilines is 2. The third-order valence-electron chi connectivity index (χ3n) is 3.43. The van der Waals surface area contributed by atoms with Gasteiger partial charge in [0.1, 0.15) is 6.07 Å². The van der Waals surface area contributed by atoms with Crippen molar-refractivity contribution in [2.75, 3.05) is 5.32 Å². The first kappa shape index (κ1) is 11.7. The van der Waals surface area contributed by atoms with Crippen LogP contribution in [0.5, 0.6) is 0 Å². The molecule has 2 heterocycles. The fourth-order valence-corrected chi connectivity index (χ4v) is 2.47. The normalized spacial score (nSPS) is 15.3. The van der Waals surface area contributed by atoms with Gasteiger partial charge in [0.15, 0.2) is 11.6 Å². The molecule has 0 amide bonds. The summed E-state index contributed by atoms with van der Waals surface area (Å²) in [5.41, 5.74) is 1.65. The van der Waals surface area contributed by atoms with E-state index in [1.54, 1.807) is 6.07 Å². The molecule has 1 aliphatic rings. The fraction of sp³-hybridized carbons (Fsp3) is 0.385. The van der Waals surface area contributed by atoms with Gasteiger partial charge in [0.25, 0.3) is 0 Å². The van der Waals surface area contributed by atoms with Crippen LogP contribution in [-0.4, -0.2) is 20.4 Å². The number of H-pyrrole nitrogens is 1. The third-order valence-corrected chi connectivity index (χ3v) is 3.43. The summed E-state index contributed by atoms with van der Waals surface area (Å²) in [5, 5.41) is 26.8. The summed E-state index contributed by atoms with van der Waals surface area (Å²) in [6.45, 7) is 0. The number of aromatic amines is 1. The van der Waals surface area contributed by atoms with Crippen LogP contribution >= 0.6 is 0 Å². The van der Waals surface area contributed by atoms with E-state index in [-0.39, 0.29) is 0 Å². The lowest BCUT2D eigenvalue weighted by Crippen LogP contribution is -1.96. The summed E-state index contributed by atoms with van der Waals surface area (Å²) in [4.78, 5) is 0. The number of nitriles is 1. The highest BCUT2D eigenvalue weighted by molar-refractivity contribution is 5.53. The molecular weight excluding hydrogens is 240 g/mol. The topological polar surface area (TPSA) is 90.3 Å². The Hall–Kier alpha value is -2.42. The van der Waals surface area contributed by atoms with E-state index in [1.165, 1.54) is 37.6 Å². The minimum Gasteiger partial charge on any atom is -0.322 e. The van der Waals surface area contributed by atoms with Crippen LogP contribution in [0, 0.1) is 11.3 Å². The number of hydrogen-bond acceptors (Lipinski definition) is 5. The Balaban J connectivity index is 1.74. The Morgan fingerprint density at radius 1 is 1.26 bits per heavy atom. The first-order valence-electron chi connectivity index (χ1n) is 6.40. The summed E-state index contributed by atoms with van der Waals surface area (Å²) in [5.74, 6) is 1.84. The molecule has 19 heavy (non-hydrogen) atoms. The van der Waals surface area contributed by atoms with Gasteiger partial charge in [0, 0.05) is 23.7 Å². The predicted molar refractivity (Wildman–Crippen MR) is 69.8 cm³/mol. The smallest absolute Gasteiger partial charge is 0.155 e. The van der Waals surface area contributed by atoms with E-state index in [9.17, 15) is 0 Å². The van der Waals surface area contributed by atoms with Crippen LogP contribution < -0.4 is 5.32 Å². The minimum atomic E-state index is 0.476. The van der Waals surface area contributed by atoms with Crippen LogP contribution in [0.3, 0.4) is 0 Å². The first-order valence-corrected chi connectivity index (χ1v) is 6.40. The molecule has 0 radical (unpaired) electrons. The maximum Gasteiger partial charge on any atom is 0.155 e. The van der Waals surface area contributed by atoms with Crippen molar-refractivity contribution in [2.24, 2.45) is 0 Å². The Kier molecular flexibility index (Phi) is 3.11. The molecule has 1 saturated carbocycles. The number of aromatic nitrogens is 4. The molecule has 0 spiro atoms. The summed E-state index contributed by atoms with van der Waals surface area (Å²) < 4.78 is 0. The van der Waals surface area contributed by atoms with Gasteiger partial charge in [0.2, 0.25) is 0 Å². The zero-order chi connectivity index (χ0) is 13.1. The summed E-state index contributed by atoms with van der Waals surface area (Å²) in [7, 11) is 0. The van der Waals surface area contributed by atoms with Crippen molar-refractivity contribution < 1.29 is 0 Å². The number of nitrogens with one attached hydrogen (secondary N) is 2. The number of nitrogens with zero attached hydrogens (tertiary/aromatic N) is 4. The van der Waals surface area contributed by atoms with Crippen LogP contribution in [0.15, 0.2) is 18.3 Å². The van der Waals surface area contributed by atoms with E-state index >= 15 is 0 Å². The second-order valence-corrected chi connectivity index (χ2v) is 4.76. The van der Waals surface area contributed by atoms with Crippen LogP contribution in [0.2, 0.25) is 0 Å². The van der Waals surface area contributed by atoms with Gasteiger partial charge in [-0.3, -0.25) is 5.10 Å². The molecule has 0 saturated heterocycles. The summed E-state index contributed by atoms with van der Waals surface area (Å²) in [6.07, 6.45) is 6.47. The minimum absolute atomic E-state index is 0.476. The fourth-order valence-electron chi connectivity index (χ4n) is 2.47. The highest BCUT2D eigenvalue weighted by Crippen LogP contribution is 2.33. The summed E-state index contributed by atoms with van der Waals surface area (Å²) in [6, 6.07) is 5.69. The van der Waals surface area contributed by atoms with Gasteiger partial charge in [-0.1, -0.05) is 12.8 Å². The Morgan fingerprint density at radius 2 is 2.11 bits per heavy atom. The monoisotopic (exact) mass is 254 g/mol. The predicted octanol–water partition coefficient (Wildman–Crippen LogP) is 2.47. The van der Waals surface area contributed by atoms with Gasteiger partial charge in [-0.15, -0.1) is 5.10 Å². The molecule has 2 aromatic heterocycles. The molecule has 1 aliphatic carbocycles. The van der Waals surface area contributed by atoms with Gasteiger partial charge >= 0.3 is 0 Å². The second-order valence-electron chi connectivity index (χ2n) is 4.76. The lowest BCUT2D eigenvalue weighted by atomic mass is 10.0. The largest absolute Gasteiger partial charge is 0.322 e. The number of hydrogen-bond donors (Lipinski definition) is 2. The average Bonchev–Trinajstić information content (AvgIpc) is 3.09. The van der Waals surface area contributed by atoms with Gasteiger partial charge in [-0.25, -0.2) is 0 Å². The molecule has 0 unspecified atom stereocenters. The van der Waals surface area contributed by atoms with E-state index < -0.39 is 0 Å². The Bertz CT molecular complexity index is 606. The lowest BCUT2D eigenvalue weighted by Gasteiger charge is -2.03. The van der Waals surface area contributed by atoms with Gasteiger partial charge in [0.05, 0.1) is 11.8 Å². The van der Waals surface area contributed by atoms with Crippen molar-refractivity contribution in [1.29, 1.82) is 5.26 Å². The van der Waals surface area contributed by atoms with Gasteiger partial charge in [-0.2, -0.15) is 15.5 Å². The highest BCUT2D eigenvalue weighted by Gasteiger charge is 2.19. The van der Waals surface area contributed by atoms with Crippen LogP contribution in [0.1, 0.15) is 42.9 Å². The Labute approximate surface area is 110 Å². The SMILES string of the molecule is N#Cc1cnnc(Nc2cc(C3CCCC3)[nH]n2)c1. The van der Waals surface area contributed by atoms with E-state index in [2.05, 4.69) is 25.7 Å². The van der Waals surface area contributed by atoms with E-state index in [1.807, 2.05) is 12.1 Å². The maximum atomic E-state index is 8.81. The molecule has 6 nitrogen and oxygen atoms in total. The van der Waals surface area contributed by atoms with E-state index in [0.717, 1.165) is 0 Å². The molecule has 0 aliphatic heterocycles. The molecular formula is C13H14N6. The van der Waals surface area contributed by atoms with Crippen molar-refractivity contribution in [1.82, 2.24) is 20.4 Å². The standard InChI is InChI=1S/C13H14N6/c14-7-9-5-12(18-15-8-9)16-13-6-11(17-19-13)10-3-1-2-4-10/h5-6,8,10H,1-4H2,(H2,16,17,18,19). The molecule has 1 fully saturated rings.